The first kappa shape index (κ1) is 15.1. The van der Waals surface area contributed by atoms with Gasteiger partial charge >= 0.3 is 5.97 Å². The summed E-state index contributed by atoms with van der Waals surface area (Å²) in [6.45, 7) is 0.308. The number of halogens is 2. The van der Waals surface area contributed by atoms with Crippen LogP contribution in [-0.2, 0) is 16.0 Å². The fraction of sp³-hybridized carbons (Fsp3) is 0.467. The number of carboxylic acids is 1. The molecule has 2 aliphatic rings. The Morgan fingerprint density at radius 3 is 2.73 bits per heavy atom. The van der Waals surface area contributed by atoms with Crippen molar-refractivity contribution in [2.45, 2.75) is 31.6 Å². The van der Waals surface area contributed by atoms with Gasteiger partial charge in [-0.1, -0.05) is 11.6 Å². The predicted molar refractivity (Wildman–Crippen MR) is 76.5 cm³/mol. The number of benzene rings is 1. The van der Waals surface area contributed by atoms with Crippen LogP contribution in [0.15, 0.2) is 6.07 Å². The minimum Gasteiger partial charge on any atom is -0.490 e. The molecule has 1 aromatic carbocycles. The highest BCUT2D eigenvalue weighted by Crippen LogP contribution is 2.60. The number of ether oxygens (including phenoxy) is 1. The Labute approximate surface area is 131 Å². The Balaban J connectivity index is 2.16. The summed E-state index contributed by atoms with van der Waals surface area (Å²) in [5, 5.41) is 9.67. The normalized spacial score (nSPS) is 19.2. The van der Waals surface area contributed by atoms with Gasteiger partial charge < -0.3 is 15.6 Å². The Kier molecular flexibility index (Phi) is 3.51. The molecule has 1 saturated carbocycles. The van der Waals surface area contributed by atoms with Crippen molar-refractivity contribution in [1.82, 2.24) is 0 Å². The molecule has 1 aliphatic carbocycles. The molecule has 1 unspecified atom stereocenters. The Morgan fingerprint density at radius 1 is 1.50 bits per heavy atom. The van der Waals surface area contributed by atoms with Crippen LogP contribution in [0.25, 0.3) is 0 Å². The Hall–Kier alpha value is -1.82. The molecule has 1 heterocycles. The molecule has 1 amide bonds. The Morgan fingerprint density at radius 2 is 2.18 bits per heavy atom. The lowest BCUT2D eigenvalue weighted by Gasteiger charge is -2.26. The number of primary amides is 1. The molecule has 1 fully saturated rings. The number of hydrogen-bond donors (Lipinski definition) is 2. The molecule has 118 valence electrons. The SMILES string of the molecule is NC(=O)CC(c1c(Cl)cc(F)c2c1CCO2)C1(C(=O)O)CC1. The van der Waals surface area contributed by atoms with E-state index in [4.69, 9.17) is 22.1 Å². The van der Waals surface area contributed by atoms with Crippen LogP contribution in [0, 0.1) is 11.2 Å². The zero-order valence-corrected chi connectivity index (χ0v) is 12.5. The van der Waals surface area contributed by atoms with E-state index in [0.29, 0.717) is 37.0 Å². The van der Waals surface area contributed by atoms with E-state index in [-0.39, 0.29) is 17.2 Å². The van der Waals surface area contributed by atoms with Crippen LogP contribution >= 0.6 is 11.6 Å². The van der Waals surface area contributed by atoms with Crippen LogP contribution in [-0.4, -0.2) is 23.6 Å². The first-order valence-electron chi connectivity index (χ1n) is 7.02. The van der Waals surface area contributed by atoms with Gasteiger partial charge in [0.25, 0.3) is 0 Å². The monoisotopic (exact) mass is 327 g/mol. The molecule has 1 aliphatic heterocycles. The molecule has 0 bridgehead atoms. The van der Waals surface area contributed by atoms with E-state index in [9.17, 15) is 19.1 Å². The first-order valence-corrected chi connectivity index (χ1v) is 7.40. The standard InChI is InChI=1S/C15H15ClFNO4/c16-9-6-10(17)13-7(1-4-22-13)12(9)8(5-11(18)19)15(2-3-15)14(20)21/h6,8H,1-5H2,(H2,18,19)(H,20,21). The van der Waals surface area contributed by atoms with Gasteiger partial charge in [-0.15, -0.1) is 0 Å². The van der Waals surface area contributed by atoms with E-state index < -0.39 is 29.0 Å². The van der Waals surface area contributed by atoms with Crippen molar-refractivity contribution in [1.29, 1.82) is 0 Å². The van der Waals surface area contributed by atoms with E-state index in [1.165, 1.54) is 0 Å². The lowest BCUT2D eigenvalue weighted by Crippen LogP contribution is -2.29. The molecule has 0 saturated heterocycles. The van der Waals surface area contributed by atoms with E-state index >= 15 is 0 Å². The largest absolute Gasteiger partial charge is 0.490 e. The summed E-state index contributed by atoms with van der Waals surface area (Å²) in [6, 6.07) is 1.12. The van der Waals surface area contributed by atoms with Crippen LogP contribution in [0.1, 0.15) is 36.3 Å². The van der Waals surface area contributed by atoms with Gasteiger partial charge in [0.05, 0.1) is 12.0 Å². The number of carbonyl (C=O) groups excluding carboxylic acids is 1. The van der Waals surface area contributed by atoms with E-state index in [0.717, 1.165) is 6.07 Å². The number of amides is 1. The highest BCUT2D eigenvalue weighted by molar-refractivity contribution is 6.31. The van der Waals surface area contributed by atoms with E-state index in [2.05, 4.69) is 0 Å². The molecule has 0 aromatic heterocycles. The van der Waals surface area contributed by atoms with Gasteiger partial charge in [-0.25, -0.2) is 4.39 Å². The van der Waals surface area contributed by atoms with E-state index in [1.54, 1.807) is 0 Å². The number of carboxylic acid groups (broad SMARTS) is 1. The second-order valence-electron chi connectivity index (χ2n) is 5.84. The number of aliphatic carboxylic acids is 1. The summed E-state index contributed by atoms with van der Waals surface area (Å²) < 4.78 is 19.2. The quantitative estimate of drug-likeness (QED) is 0.868. The van der Waals surface area contributed by atoms with Crippen LogP contribution in [0.3, 0.4) is 0 Å². The van der Waals surface area contributed by atoms with Crippen LogP contribution in [0.2, 0.25) is 5.02 Å². The molecule has 0 spiro atoms. The summed E-state index contributed by atoms with van der Waals surface area (Å²) in [5.74, 6) is -2.71. The van der Waals surface area contributed by atoms with Gasteiger partial charge in [0, 0.05) is 29.3 Å². The molecule has 1 aromatic rings. The number of nitrogens with two attached hydrogens (primary N) is 1. The van der Waals surface area contributed by atoms with Gasteiger partial charge in [-0.05, 0) is 24.5 Å². The molecule has 22 heavy (non-hydrogen) atoms. The third kappa shape index (κ3) is 2.22. The summed E-state index contributed by atoms with van der Waals surface area (Å²) in [6.07, 6.45) is 1.20. The predicted octanol–water partition coefficient (Wildman–Crippen LogP) is 2.24. The zero-order chi connectivity index (χ0) is 16.1. The van der Waals surface area contributed by atoms with Crippen molar-refractivity contribution in [2.75, 3.05) is 6.61 Å². The first-order chi connectivity index (χ1) is 10.4. The highest BCUT2D eigenvalue weighted by Gasteiger charge is 2.57. The summed E-state index contributed by atoms with van der Waals surface area (Å²) in [4.78, 5) is 23.1. The fourth-order valence-corrected chi connectivity index (χ4v) is 3.66. The minimum atomic E-state index is -1.05. The fourth-order valence-electron chi connectivity index (χ4n) is 3.32. The van der Waals surface area contributed by atoms with Crippen molar-refractivity contribution in [2.24, 2.45) is 11.1 Å². The summed E-state index contributed by atoms with van der Waals surface area (Å²) >= 11 is 6.19. The number of carbonyl (C=O) groups is 2. The van der Waals surface area contributed by atoms with Gasteiger partial charge in [-0.2, -0.15) is 0 Å². The van der Waals surface area contributed by atoms with Crippen molar-refractivity contribution in [3.05, 3.63) is 28.0 Å². The maximum Gasteiger partial charge on any atom is 0.310 e. The van der Waals surface area contributed by atoms with Crippen LogP contribution < -0.4 is 10.5 Å². The maximum absolute atomic E-state index is 13.9. The van der Waals surface area contributed by atoms with E-state index in [1.807, 2.05) is 0 Å². The second kappa shape index (κ2) is 5.12. The Bertz CT molecular complexity index is 672. The molecule has 0 radical (unpaired) electrons. The number of rotatable bonds is 5. The smallest absolute Gasteiger partial charge is 0.310 e. The summed E-state index contributed by atoms with van der Waals surface area (Å²) in [5.41, 5.74) is 5.31. The van der Waals surface area contributed by atoms with Crippen molar-refractivity contribution in [3.63, 3.8) is 0 Å². The molecule has 1 atom stereocenters. The van der Waals surface area contributed by atoms with Crippen LogP contribution in [0.4, 0.5) is 4.39 Å². The van der Waals surface area contributed by atoms with Crippen molar-refractivity contribution < 1.29 is 23.8 Å². The average Bonchev–Trinajstić information content (AvgIpc) is 3.09. The molecular weight excluding hydrogens is 313 g/mol. The third-order valence-corrected chi connectivity index (χ3v) is 4.87. The van der Waals surface area contributed by atoms with Gasteiger partial charge in [0.1, 0.15) is 0 Å². The molecular formula is C15H15ClFNO4. The number of fused-ring (bicyclic) bond motifs is 1. The van der Waals surface area contributed by atoms with Crippen LogP contribution in [0.5, 0.6) is 5.75 Å². The molecule has 5 nitrogen and oxygen atoms in total. The highest BCUT2D eigenvalue weighted by atomic mass is 35.5. The minimum absolute atomic E-state index is 0.107. The molecule has 7 heteroatoms. The molecule has 3 N–H and O–H groups in total. The van der Waals surface area contributed by atoms with Gasteiger partial charge in [0.2, 0.25) is 5.91 Å². The average molecular weight is 328 g/mol. The van der Waals surface area contributed by atoms with Crippen molar-refractivity contribution >= 4 is 23.5 Å². The maximum atomic E-state index is 13.9. The summed E-state index contributed by atoms with van der Waals surface area (Å²) in [7, 11) is 0. The topological polar surface area (TPSA) is 89.6 Å². The second-order valence-corrected chi connectivity index (χ2v) is 6.25. The van der Waals surface area contributed by atoms with Gasteiger partial charge in [-0.3, -0.25) is 9.59 Å². The lowest BCUT2D eigenvalue weighted by molar-refractivity contribution is -0.144. The third-order valence-electron chi connectivity index (χ3n) is 4.56. The lowest BCUT2D eigenvalue weighted by atomic mass is 9.78. The van der Waals surface area contributed by atoms with Gasteiger partial charge in [0.15, 0.2) is 11.6 Å². The van der Waals surface area contributed by atoms with Crippen molar-refractivity contribution in [3.8, 4) is 5.75 Å². The zero-order valence-electron chi connectivity index (χ0n) is 11.7. The molecule has 3 rings (SSSR count). The number of hydrogen-bond acceptors (Lipinski definition) is 3.